The Hall–Kier alpha value is -2.10. The molecular formula is C13H13NO3. The summed E-state index contributed by atoms with van der Waals surface area (Å²) in [6.45, 7) is 1.80. The van der Waals surface area contributed by atoms with Crippen LogP contribution in [-0.4, -0.2) is 18.4 Å². The van der Waals surface area contributed by atoms with Crippen LogP contribution in [0.4, 0.5) is 0 Å². The van der Waals surface area contributed by atoms with Crippen LogP contribution in [0.2, 0.25) is 0 Å². The first-order valence-corrected chi connectivity index (χ1v) is 5.29. The molecule has 0 saturated heterocycles. The van der Waals surface area contributed by atoms with E-state index in [2.05, 4.69) is 4.98 Å². The SMILES string of the molecule is COc1cccc(-c2nc(CC=O)c(C)o2)c1. The monoisotopic (exact) mass is 231 g/mol. The molecule has 0 N–H and O–H groups in total. The summed E-state index contributed by atoms with van der Waals surface area (Å²) >= 11 is 0. The highest BCUT2D eigenvalue weighted by atomic mass is 16.5. The number of methoxy groups -OCH3 is 1. The van der Waals surface area contributed by atoms with Gasteiger partial charge in [-0.2, -0.15) is 0 Å². The molecule has 0 saturated carbocycles. The van der Waals surface area contributed by atoms with Gasteiger partial charge in [0, 0.05) is 12.0 Å². The molecule has 0 amide bonds. The number of nitrogens with zero attached hydrogens (tertiary/aromatic N) is 1. The van der Waals surface area contributed by atoms with E-state index in [1.165, 1.54) is 0 Å². The van der Waals surface area contributed by atoms with Gasteiger partial charge in [0.1, 0.15) is 17.8 Å². The van der Waals surface area contributed by atoms with Crippen LogP contribution in [0.15, 0.2) is 28.7 Å². The normalized spacial score (nSPS) is 10.2. The highest BCUT2D eigenvalue weighted by molar-refractivity contribution is 5.59. The van der Waals surface area contributed by atoms with Crippen molar-refractivity contribution in [3.8, 4) is 17.2 Å². The largest absolute Gasteiger partial charge is 0.497 e. The molecule has 17 heavy (non-hydrogen) atoms. The molecule has 88 valence electrons. The van der Waals surface area contributed by atoms with E-state index in [4.69, 9.17) is 9.15 Å². The van der Waals surface area contributed by atoms with E-state index in [9.17, 15) is 4.79 Å². The molecule has 0 atom stereocenters. The van der Waals surface area contributed by atoms with Crippen LogP contribution in [0.5, 0.6) is 5.75 Å². The summed E-state index contributed by atoms with van der Waals surface area (Å²) in [5.41, 5.74) is 1.52. The molecule has 1 heterocycles. The summed E-state index contributed by atoms with van der Waals surface area (Å²) in [5, 5.41) is 0. The molecule has 0 aliphatic rings. The maximum atomic E-state index is 10.5. The Morgan fingerprint density at radius 2 is 2.29 bits per heavy atom. The minimum atomic E-state index is 0.277. The van der Waals surface area contributed by atoms with Crippen molar-refractivity contribution in [1.82, 2.24) is 4.98 Å². The molecule has 4 nitrogen and oxygen atoms in total. The molecule has 4 heteroatoms. The fourth-order valence-electron chi connectivity index (χ4n) is 1.58. The van der Waals surface area contributed by atoms with Gasteiger partial charge in [-0.15, -0.1) is 0 Å². The number of aromatic nitrogens is 1. The third-order valence-electron chi connectivity index (χ3n) is 2.49. The van der Waals surface area contributed by atoms with Crippen LogP contribution in [0.1, 0.15) is 11.5 Å². The number of hydrogen-bond acceptors (Lipinski definition) is 4. The van der Waals surface area contributed by atoms with Crippen molar-refractivity contribution in [2.75, 3.05) is 7.11 Å². The van der Waals surface area contributed by atoms with Crippen LogP contribution in [-0.2, 0) is 11.2 Å². The smallest absolute Gasteiger partial charge is 0.226 e. The molecule has 0 spiro atoms. The lowest BCUT2D eigenvalue weighted by Crippen LogP contribution is -1.88. The van der Waals surface area contributed by atoms with Crippen LogP contribution in [0, 0.1) is 6.92 Å². The van der Waals surface area contributed by atoms with E-state index in [1.54, 1.807) is 14.0 Å². The average molecular weight is 231 g/mol. The van der Waals surface area contributed by atoms with Gasteiger partial charge in [-0.05, 0) is 25.1 Å². The summed E-state index contributed by atoms with van der Waals surface area (Å²) < 4.78 is 10.7. The topological polar surface area (TPSA) is 52.3 Å². The Morgan fingerprint density at radius 3 is 3.00 bits per heavy atom. The number of carbonyl (C=O) groups is 1. The molecule has 0 bridgehead atoms. The Bertz CT molecular complexity index is 531. The number of carbonyl (C=O) groups excluding carboxylic acids is 1. The lowest BCUT2D eigenvalue weighted by molar-refractivity contribution is -0.107. The first-order valence-electron chi connectivity index (χ1n) is 5.29. The van der Waals surface area contributed by atoms with Gasteiger partial charge >= 0.3 is 0 Å². The van der Waals surface area contributed by atoms with E-state index >= 15 is 0 Å². The fourth-order valence-corrected chi connectivity index (χ4v) is 1.58. The predicted molar refractivity (Wildman–Crippen MR) is 63.0 cm³/mol. The van der Waals surface area contributed by atoms with Gasteiger partial charge in [0.25, 0.3) is 0 Å². The fraction of sp³-hybridized carbons (Fsp3) is 0.231. The van der Waals surface area contributed by atoms with Crippen LogP contribution >= 0.6 is 0 Å². The maximum Gasteiger partial charge on any atom is 0.226 e. The van der Waals surface area contributed by atoms with Gasteiger partial charge in [0.15, 0.2) is 0 Å². The van der Waals surface area contributed by atoms with Crippen molar-refractivity contribution in [1.29, 1.82) is 0 Å². The van der Waals surface area contributed by atoms with Crippen LogP contribution < -0.4 is 4.74 Å². The van der Waals surface area contributed by atoms with Crippen molar-refractivity contribution >= 4 is 6.29 Å². The van der Waals surface area contributed by atoms with Gasteiger partial charge in [-0.25, -0.2) is 4.98 Å². The Morgan fingerprint density at radius 1 is 1.47 bits per heavy atom. The Kier molecular flexibility index (Phi) is 3.23. The number of hydrogen-bond donors (Lipinski definition) is 0. The highest BCUT2D eigenvalue weighted by Gasteiger charge is 2.11. The number of rotatable bonds is 4. The highest BCUT2D eigenvalue weighted by Crippen LogP contribution is 2.25. The number of oxazole rings is 1. The molecule has 1 aromatic heterocycles. The van der Waals surface area contributed by atoms with Gasteiger partial charge in [0.05, 0.1) is 12.8 Å². The number of aldehydes is 1. The maximum absolute atomic E-state index is 10.5. The van der Waals surface area contributed by atoms with E-state index in [1.807, 2.05) is 24.3 Å². The van der Waals surface area contributed by atoms with Gasteiger partial charge in [-0.1, -0.05) is 6.07 Å². The van der Waals surface area contributed by atoms with Crippen LogP contribution in [0.25, 0.3) is 11.5 Å². The number of aryl methyl sites for hydroxylation is 1. The van der Waals surface area contributed by atoms with E-state index in [0.29, 0.717) is 17.3 Å². The molecule has 0 aliphatic carbocycles. The Balaban J connectivity index is 2.38. The molecule has 0 aliphatic heterocycles. The molecule has 2 rings (SSSR count). The van der Waals surface area contributed by atoms with Gasteiger partial charge in [0.2, 0.25) is 5.89 Å². The standard InChI is InChI=1S/C13H13NO3/c1-9-12(6-7-15)14-13(17-9)10-4-3-5-11(8-10)16-2/h3-5,7-8H,6H2,1-2H3. The van der Waals surface area contributed by atoms with Crippen molar-refractivity contribution in [3.05, 3.63) is 35.7 Å². The van der Waals surface area contributed by atoms with Crippen LogP contribution in [0.3, 0.4) is 0 Å². The van der Waals surface area contributed by atoms with E-state index in [0.717, 1.165) is 17.6 Å². The first-order chi connectivity index (χ1) is 8.24. The third-order valence-corrected chi connectivity index (χ3v) is 2.49. The van der Waals surface area contributed by atoms with Crippen molar-refractivity contribution in [2.24, 2.45) is 0 Å². The lowest BCUT2D eigenvalue weighted by atomic mass is 10.2. The summed E-state index contributed by atoms with van der Waals surface area (Å²) in [7, 11) is 1.61. The predicted octanol–water partition coefficient (Wildman–Crippen LogP) is 2.40. The second kappa shape index (κ2) is 4.82. The average Bonchev–Trinajstić information content (AvgIpc) is 2.72. The summed E-state index contributed by atoms with van der Waals surface area (Å²) in [5.74, 6) is 1.93. The third kappa shape index (κ3) is 2.36. The molecule has 0 unspecified atom stereocenters. The van der Waals surface area contributed by atoms with Crippen molar-refractivity contribution in [2.45, 2.75) is 13.3 Å². The zero-order valence-corrected chi connectivity index (χ0v) is 9.77. The van der Waals surface area contributed by atoms with Gasteiger partial charge in [-0.3, -0.25) is 0 Å². The minimum Gasteiger partial charge on any atom is -0.497 e. The zero-order valence-electron chi connectivity index (χ0n) is 9.77. The minimum absolute atomic E-state index is 0.277. The summed E-state index contributed by atoms with van der Waals surface area (Å²) in [6.07, 6.45) is 1.10. The second-order valence-electron chi connectivity index (χ2n) is 3.62. The van der Waals surface area contributed by atoms with Crippen molar-refractivity contribution < 1.29 is 13.9 Å². The first kappa shape index (κ1) is 11.4. The summed E-state index contributed by atoms with van der Waals surface area (Å²) in [6, 6.07) is 7.45. The molecule has 1 aromatic carbocycles. The van der Waals surface area contributed by atoms with Gasteiger partial charge < -0.3 is 13.9 Å². The van der Waals surface area contributed by atoms with Crippen molar-refractivity contribution in [3.63, 3.8) is 0 Å². The van der Waals surface area contributed by atoms with E-state index < -0.39 is 0 Å². The molecule has 0 fully saturated rings. The number of benzene rings is 1. The molecule has 0 radical (unpaired) electrons. The second-order valence-corrected chi connectivity index (χ2v) is 3.62. The zero-order chi connectivity index (χ0) is 12.3. The lowest BCUT2D eigenvalue weighted by Gasteiger charge is -2.00. The molecular weight excluding hydrogens is 218 g/mol. The Labute approximate surface area is 99.2 Å². The quantitative estimate of drug-likeness (QED) is 0.758. The molecule has 2 aromatic rings. The number of ether oxygens (including phenoxy) is 1. The van der Waals surface area contributed by atoms with E-state index in [-0.39, 0.29) is 6.42 Å². The summed E-state index contributed by atoms with van der Waals surface area (Å²) in [4.78, 5) is 14.8.